The minimum absolute atomic E-state index is 0.119. The molecule has 1 heterocycles. The van der Waals surface area contributed by atoms with Gasteiger partial charge in [-0.25, -0.2) is 4.98 Å². The summed E-state index contributed by atoms with van der Waals surface area (Å²) >= 11 is 12.3. The lowest BCUT2D eigenvalue weighted by Gasteiger charge is -2.23. The number of aromatic nitrogens is 2. The second-order valence-electron chi connectivity index (χ2n) is 6.23. The topological polar surface area (TPSA) is 53.3 Å². The summed E-state index contributed by atoms with van der Waals surface area (Å²) in [6.45, 7) is 6.87. The van der Waals surface area contributed by atoms with Crippen LogP contribution >= 0.6 is 23.2 Å². The third kappa shape index (κ3) is 4.15. The first-order valence-electron chi connectivity index (χ1n) is 9.16. The Kier molecular flexibility index (Phi) is 6.47. The Balaban J connectivity index is 2.12. The number of hydrogen-bond donors (Lipinski definition) is 2. The predicted octanol–water partition coefficient (Wildman–Crippen LogP) is 5.32. The molecule has 0 radical (unpaired) electrons. The van der Waals surface area contributed by atoms with E-state index in [1.54, 1.807) is 12.1 Å². The molecule has 0 aliphatic heterocycles. The summed E-state index contributed by atoms with van der Waals surface area (Å²) in [4.78, 5) is 7.09. The van der Waals surface area contributed by atoms with Crippen LogP contribution in [0.15, 0.2) is 36.4 Å². The lowest BCUT2D eigenvalue weighted by Crippen LogP contribution is -2.22. The SMILES string of the molecule is CCN(CC)c1cccc2nc(Nc3ccc(Cl)cc3Cl)n(CCCO)c12. The average molecular weight is 407 g/mol. The summed E-state index contributed by atoms with van der Waals surface area (Å²) in [5, 5.41) is 13.8. The highest BCUT2D eigenvalue weighted by Crippen LogP contribution is 2.33. The standard InChI is InChI=1S/C20H24Cl2N4O/c1-3-25(4-2)18-8-5-7-17-19(18)26(11-6-12-27)20(24-17)23-16-10-9-14(21)13-15(16)22/h5,7-10,13,27H,3-4,6,11-12H2,1-2H3,(H,23,24). The summed E-state index contributed by atoms with van der Waals surface area (Å²) in [5.41, 5.74) is 3.84. The molecule has 0 unspecified atom stereocenters. The Morgan fingerprint density at radius 1 is 1.15 bits per heavy atom. The molecule has 1 aromatic heterocycles. The maximum Gasteiger partial charge on any atom is 0.208 e. The molecule has 5 nitrogen and oxygen atoms in total. The van der Waals surface area contributed by atoms with Gasteiger partial charge in [-0.05, 0) is 50.6 Å². The number of hydrogen-bond acceptors (Lipinski definition) is 4. The van der Waals surface area contributed by atoms with Gasteiger partial charge in [0.25, 0.3) is 0 Å². The van der Waals surface area contributed by atoms with Gasteiger partial charge in [0.1, 0.15) is 0 Å². The lowest BCUT2D eigenvalue weighted by atomic mass is 10.2. The molecule has 0 amide bonds. The van der Waals surface area contributed by atoms with E-state index in [2.05, 4.69) is 34.7 Å². The Morgan fingerprint density at radius 3 is 2.59 bits per heavy atom. The number of para-hydroxylation sites is 1. The Labute approximate surface area is 169 Å². The van der Waals surface area contributed by atoms with Crippen LogP contribution < -0.4 is 10.2 Å². The van der Waals surface area contributed by atoms with Gasteiger partial charge < -0.3 is 19.9 Å². The smallest absolute Gasteiger partial charge is 0.208 e. The first-order chi connectivity index (χ1) is 13.1. The fourth-order valence-electron chi connectivity index (χ4n) is 3.24. The third-order valence-electron chi connectivity index (χ3n) is 4.57. The minimum atomic E-state index is 0.119. The van der Waals surface area contributed by atoms with Crippen molar-refractivity contribution < 1.29 is 5.11 Å². The van der Waals surface area contributed by atoms with E-state index in [0.29, 0.717) is 29.0 Å². The fraction of sp³-hybridized carbons (Fsp3) is 0.350. The van der Waals surface area contributed by atoms with Crippen LogP contribution in [0.4, 0.5) is 17.3 Å². The van der Waals surface area contributed by atoms with Crippen molar-refractivity contribution in [3.8, 4) is 0 Å². The van der Waals surface area contributed by atoms with E-state index in [-0.39, 0.29) is 6.61 Å². The Hall–Kier alpha value is -1.95. The molecule has 0 spiro atoms. The predicted molar refractivity (Wildman–Crippen MR) is 115 cm³/mol. The van der Waals surface area contributed by atoms with Crippen molar-refractivity contribution in [2.24, 2.45) is 0 Å². The maximum absolute atomic E-state index is 9.36. The molecule has 0 aliphatic rings. The maximum atomic E-state index is 9.36. The molecule has 3 aromatic rings. The number of halogens is 2. The number of nitrogens with zero attached hydrogens (tertiary/aromatic N) is 3. The van der Waals surface area contributed by atoms with E-state index >= 15 is 0 Å². The molecule has 0 bridgehead atoms. The zero-order valence-corrected chi connectivity index (χ0v) is 17.1. The molecular formula is C20H24Cl2N4O. The van der Waals surface area contributed by atoms with Crippen molar-refractivity contribution in [3.05, 3.63) is 46.4 Å². The average Bonchev–Trinajstić information content (AvgIpc) is 3.01. The molecule has 27 heavy (non-hydrogen) atoms. The van der Waals surface area contributed by atoms with Gasteiger partial charge in [0.2, 0.25) is 5.95 Å². The summed E-state index contributed by atoms with van der Waals surface area (Å²) in [6.07, 6.45) is 0.640. The molecule has 0 saturated heterocycles. The number of nitrogens with one attached hydrogen (secondary N) is 1. The monoisotopic (exact) mass is 406 g/mol. The van der Waals surface area contributed by atoms with Gasteiger partial charge in [0.05, 0.1) is 27.4 Å². The van der Waals surface area contributed by atoms with Gasteiger partial charge in [0.15, 0.2) is 0 Å². The number of aliphatic hydroxyl groups is 1. The molecule has 0 atom stereocenters. The molecule has 3 rings (SSSR count). The van der Waals surface area contributed by atoms with Crippen LogP contribution in [0, 0.1) is 0 Å². The van der Waals surface area contributed by atoms with Crippen molar-refractivity contribution in [1.82, 2.24) is 9.55 Å². The van der Waals surface area contributed by atoms with E-state index in [0.717, 1.165) is 35.5 Å². The first kappa shape index (κ1) is 19.8. The van der Waals surface area contributed by atoms with Crippen LogP contribution in [0.25, 0.3) is 11.0 Å². The van der Waals surface area contributed by atoms with Crippen LogP contribution in [0.3, 0.4) is 0 Å². The van der Waals surface area contributed by atoms with Crippen LogP contribution in [0.2, 0.25) is 10.0 Å². The summed E-state index contributed by atoms with van der Waals surface area (Å²) in [7, 11) is 0. The highest BCUT2D eigenvalue weighted by Gasteiger charge is 2.17. The van der Waals surface area contributed by atoms with E-state index in [9.17, 15) is 5.11 Å². The van der Waals surface area contributed by atoms with E-state index < -0.39 is 0 Å². The number of anilines is 3. The number of aliphatic hydroxyl groups excluding tert-OH is 1. The fourth-order valence-corrected chi connectivity index (χ4v) is 3.70. The van der Waals surface area contributed by atoms with Gasteiger partial charge in [-0.3, -0.25) is 0 Å². The molecule has 2 N–H and O–H groups in total. The number of rotatable bonds is 8. The molecular weight excluding hydrogens is 383 g/mol. The quantitative estimate of drug-likeness (QED) is 0.531. The van der Waals surface area contributed by atoms with Gasteiger partial charge >= 0.3 is 0 Å². The second-order valence-corrected chi connectivity index (χ2v) is 7.07. The zero-order chi connectivity index (χ0) is 19.4. The van der Waals surface area contributed by atoms with Crippen LogP contribution in [-0.4, -0.2) is 34.4 Å². The Bertz CT molecular complexity index is 922. The van der Waals surface area contributed by atoms with Gasteiger partial charge in [-0.1, -0.05) is 29.3 Å². The minimum Gasteiger partial charge on any atom is -0.396 e. The van der Waals surface area contributed by atoms with Crippen molar-refractivity contribution in [2.75, 3.05) is 29.9 Å². The largest absolute Gasteiger partial charge is 0.396 e. The van der Waals surface area contributed by atoms with Gasteiger partial charge in [-0.15, -0.1) is 0 Å². The third-order valence-corrected chi connectivity index (χ3v) is 5.11. The normalized spacial score (nSPS) is 11.1. The van der Waals surface area contributed by atoms with Crippen molar-refractivity contribution in [2.45, 2.75) is 26.8 Å². The molecule has 2 aromatic carbocycles. The van der Waals surface area contributed by atoms with Crippen LogP contribution in [0.5, 0.6) is 0 Å². The van der Waals surface area contributed by atoms with Crippen LogP contribution in [-0.2, 0) is 6.54 Å². The number of benzene rings is 2. The highest BCUT2D eigenvalue weighted by atomic mass is 35.5. The lowest BCUT2D eigenvalue weighted by molar-refractivity contribution is 0.281. The zero-order valence-electron chi connectivity index (χ0n) is 15.5. The molecule has 0 saturated carbocycles. The summed E-state index contributed by atoms with van der Waals surface area (Å²) in [5.74, 6) is 0.697. The number of aryl methyl sites for hydroxylation is 1. The molecule has 7 heteroatoms. The highest BCUT2D eigenvalue weighted by molar-refractivity contribution is 6.36. The van der Waals surface area contributed by atoms with Crippen molar-refractivity contribution in [1.29, 1.82) is 0 Å². The number of imidazole rings is 1. The summed E-state index contributed by atoms with van der Waals surface area (Å²) < 4.78 is 2.12. The second kappa shape index (κ2) is 8.83. The van der Waals surface area contributed by atoms with Crippen molar-refractivity contribution in [3.63, 3.8) is 0 Å². The van der Waals surface area contributed by atoms with E-state index in [1.165, 1.54) is 0 Å². The molecule has 144 valence electrons. The molecule has 0 fully saturated rings. The van der Waals surface area contributed by atoms with E-state index in [4.69, 9.17) is 28.2 Å². The van der Waals surface area contributed by atoms with Gasteiger partial charge in [0, 0.05) is 31.3 Å². The Morgan fingerprint density at radius 2 is 1.93 bits per heavy atom. The molecule has 0 aliphatic carbocycles. The van der Waals surface area contributed by atoms with Crippen LogP contribution in [0.1, 0.15) is 20.3 Å². The van der Waals surface area contributed by atoms with Gasteiger partial charge in [-0.2, -0.15) is 0 Å². The van der Waals surface area contributed by atoms with E-state index in [1.807, 2.05) is 18.2 Å². The summed E-state index contributed by atoms with van der Waals surface area (Å²) in [6, 6.07) is 11.5. The van der Waals surface area contributed by atoms with Crippen molar-refractivity contribution >= 4 is 51.6 Å². The number of fused-ring (bicyclic) bond motifs is 1. The first-order valence-corrected chi connectivity index (χ1v) is 9.91.